The normalized spacial score (nSPS) is 14.8. The first kappa shape index (κ1) is 28.3. The van der Waals surface area contributed by atoms with Crippen molar-refractivity contribution >= 4 is 46.6 Å². The van der Waals surface area contributed by atoms with Gasteiger partial charge in [0.1, 0.15) is 12.3 Å². The highest BCUT2D eigenvalue weighted by molar-refractivity contribution is 6.42. The minimum atomic E-state index is -0.199. The number of benzene rings is 3. The van der Waals surface area contributed by atoms with Crippen LogP contribution in [0, 0.1) is 0 Å². The number of methoxy groups -OCH3 is 1. The van der Waals surface area contributed by atoms with Crippen molar-refractivity contribution in [1.29, 1.82) is 0 Å². The molecule has 3 aromatic rings. The van der Waals surface area contributed by atoms with Crippen LogP contribution in [0.1, 0.15) is 11.1 Å². The predicted octanol–water partition coefficient (Wildman–Crippen LogP) is 3.12. The van der Waals surface area contributed by atoms with Gasteiger partial charge in [0.25, 0.3) is 0 Å². The third-order valence-electron chi connectivity index (χ3n) is 6.40. The van der Waals surface area contributed by atoms with Gasteiger partial charge in [0.2, 0.25) is 5.91 Å². The molecule has 0 spiro atoms. The Kier molecular flexibility index (Phi) is 10.1. The van der Waals surface area contributed by atoms with Gasteiger partial charge >= 0.3 is 0 Å². The van der Waals surface area contributed by atoms with Crippen LogP contribution in [0.25, 0.3) is 6.08 Å². The molecule has 1 aliphatic rings. The number of rotatable bonds is 7. The van der Waals surface area contributed by atoms with Gasteiger partial charge in [-0.1, -0.05) is 53.5 Å². The van der Waals surface area contributed by atoms with E-state index in [1.165, 1.54) is 11.6 Å². The average Bonchev–Trinajstić information content (AvgIpc) is 2.86. The van der Waals surface area contributed by atoms with E-state index in [4.69, 9.17) is 27.9 Å². The molecule has 0 saturated carbocycles. The summed E-state index contributed by atoms with van der Waals surface area (Å²) in [6, 6.07) is 21.5. The zero-order valence-electron chi connectivity index (χ0n) is 20.4. The molecule has 1 fully saturated rings. The topological polar surface area (TPSA) is 41.6 Å². The number of amides is 1. The lowest BCUT2D eigenvalue weighted by Crippen LogP contribution is -3.00. The minimum Gasteiger partial charge on any atom is -1.00 e. The fourth-order valence-electron chi connectivity index (χ4n) is 4.34. The van der Waals surface area contributed by atoms with Crippen molar-refractivity contribution in [2.24, 2.45) is 0 Å². The predicted molar refractivity (Wildman–Crippen MR) is 145 cm³/mol. The molecule has 0 bridgehead atoms. The maximum atomic E-state index is 12.3. The number of nitrogens with one attached hydrogen (secondary N) is 1. The van der Waals surface area contributed by atoms with Crippen molar-refractivity contribution in [2.75, 3.05) is 50.6 Å². The van der Waals surface area contributed by atoms with Gasteiger partial charge in [0, 0.05) is 17.3 Å². The summed E-state index contributed by atoms with van der Waals surface area (Å²) in [5.74, 6) is 0.725. The summed E-state index contributed by atoms with van der Waals surface area (Å²) in [4.78, 5) is 14.7. The quantitative estimate of drug-likeness (QED) is 0.246. The molecule has 1 aliphatic heterocycles. The fraction of sp³-hybridized carbons (Fsp3) is 0.250. The van der Waals surface area contributed by atoms with Crippen molar-refractivity contribution in [1.82, 2.24) is 0 Å². The van der Waals surface area contributed by atoms with Gasteiger partial charge in [0.05, 0.1) is 56.1 Å². The Labute approximate surface area is 240 Å². The lowest BCUT2D eigenvalue weighted by Gasteiger charge is -2.43. The number of quaternary nitrogens is 1. The SMILES string of the molecule is COc1ccccc1N1CC[N+](C)(Cc2ccc(NC(=O)/C=C/c3ccc(Cl)c(Cl)c3)cc2)CC1.[I-]. The second kappa shape index (κ2) is 12.8. The molecule has 3 aromatic carbocycles. The number of halogens is 3. The van der Waals surface area contributed by atoms with Gasteiger partial charge in [-0.15, -0.1) is 0 Å². The Balaban J connectivity index is 0.00000361. The number of hydrogen-bond donors (Lipinski definition) is 1. The van der Waals surface area contributed by atoms with E-state index >= 15 is 0 Å². The Morgan fingerprint density at radius 2 is 1.72 bits per heavy atom. The largest absolute Gasteiger partial charge is 1.00 e. The molecule has 1 amide bonds. The summed E-state index contributed by atoms with van der Waals surface area (Å²) in [6.07, 6.45) is 3.20. The number of hydrogen-bond acceptors (Lipinski definition) is 3. The van der Waals surface area contributed by atoms with Gasteiger partial charge in [-0.2, -0.15) is 0 Å². The molecule has 0 radical (unpaired) electrons. The Morgan fingerprint density at radius 3 is 2.39 bits per heavy atom. The van der Waals surface area contributed by atoms with Crippen LogP contribution in [0.5, 0.6) is 5.75 Å². The van der Waals surface area contributed by atoms with E-state index in [1.54, 1.807) is 25.3 Å². The Morgan fingerprint density at radius 1 is 1.03 bits per heavy atom. The van der Waals surface area contributed by atoms with Crippen LogP contribution >= 0.6 is 23.2 Å². The molecular formula is C28H30Cl2IN3O2. The van der Waals surface area contributed by atoms with Crippen molar-refractivity contribution in [3.8, 4) is 5.75 Å². The minimum absolute atomic E-state index is 0. The molecule has 8 heteroatoms. The van der Waals surface area contributed by atoms with Gasteiger partial charge in [-0.25, -0.2) is 0 Å². The van der Waals surface area contributed by atoms with Crippen LogP contribution in [-0.2, 0) is 11.3 Å². The maximum absolute atomic E-state index is 12.3. The van der Waals surface area contributed by atoms with E-state index in [-0.39, 0.29) is 29.9 Å². The number of anilines is 2. The number of likely N-dealkylation sites (N-methyl/N-ethyl adjacent to an activating group) is 1. The highest BCUT2D eigenvalue weighted by Crippen LogP contribution is 2.30. The maximum Gasteiger partial charge on any atom is 0.248 e. The zero-order chi connectivity index (χ0) is 24.8. The summed E-state index contributed by atoms with van der Waals surface area (Å²) >= 11 is 12.0. The second-order valence-corrected chi connectivity index (χ2v) is 9.89. The molecule has 0 atom stereocenters. The summed E-state index contributed by atoms with van der Waals surface area (Å²) in [7, 11) is 4.03. The first-order valence-electron chi connectivity index (χ1n) is 11.6. The summed E-state index contributed by atoms with van der Waals surface area (Å²) in [5.41, 5.74) is 3.99. The summed E-state index contributed by atoms with van der Waals surface area (Å²) < 4.78 is 6.52. The number of ether oxygens (including phenoxy) is 1. The standard InChI is InChI=1S/C28H29Cl2N3O2.HI/c1-33(17-15-32(16-18-33)26-5-3-4-6-27(26)35-2)20-22-7-11-23(12-8-22)31-28(34)14-10-21-9-13-24(29)25(30)19-21;/h3-14,19H,15-18,20H2,1-2H3;1H/b14-10+;. The molecule has 0 aliphatic carbocycles. The number of carbonyl (C=O) groups excluding carboxylic acids is 1. The second-order valence-electron chi connectivity index (χ2n) is 9.08. The van der Waals surface area contributed by atoms with E-state index in [0.29, 0.717) is 10.0 Å². The van der Waals surface area contributed by atoms with Crippen molar-refractivity contribution in [3.63, 3.8) is 0 Å². The highest BCUT2D eigenvalue weighted by Gasteiger charge is 2.30. The Hall–Kier alpha value is -2.26. The lowest BCUT2D eigenvalue weighted by atomic mass is 10.1. The van der Waals surface area contributed by atoms with Crippen molar-refractivity contribution in [3.05, 3.63) is 94.0 Å². The Bertz CT molecular complexity index is 1210. The molecule has 1 N–H and O–H groups in total. The van der Waals surface area contributed by atoms with E-state index in [1.807, 2.05) is 30.3 Å². The zero-order valence-corrected chi connectivity index (χ0v) is 24.1. The van der Waals surface area contributed by atoms with Gasteiger partial charge < -0.3 is 43.4 Å². The fourth-order valence-corrected chi connectivity index (χ4v) is 4.65. The van der Waals surface area contributed by atoms with Crippen molar-refractivity contribution in [2.45, 2.75) is 6.54 Å². The molecule has 190 valence electrons. The number of nitrogens with zero attached hydrogens (tertiary/aromatic N) is 2. The number of piperazine rings is 1. The van der Waals surface area contributed by atoms with Gasteiger partial charge in [-0.3, -0.25) is 4.79 Å². The molecule has 0 aromatic heterocycles. The number of carbonyl (C=O) groups is 1. The van der Waals surface area contributed by atoms with Crippen molar-refractivity contribution < 1.29 is 38.0 Å². The molecule has 5 nitrogen and oxygen atoms in total. The lowest BCUT2D eigenvalue weighted by molar-refractivity contribution is -0.923. The van der Waals surface area contributed by atoms with E-state index < -0.39 is 0 Å². The van der Waals surface area contributed by atoms with Crippen LogP contribution < -0.4 is 38.9 Å². The third-order valence-corrected chi connectivity index (χ3v) is 7.14. The van der Waals surface area contributed by atoms with E-state index in [2.05, 4.69) is 41.5 Å². The van der Waals surface area contributed by atoms with Crippen LogP contribution in [0.15, 0.2) is 72.8 Å². The van der Waals surface area contributed by atoms with E-state index in [9.17, 15) is 4.79 Å². The monoisotopic (exact) mass is 637 g/mol. The first-order valence-corrected chi connectivity index (χ1v) is 12.4. The third kappa shape index (κ3) is 7.38. The van der Waals surface area contributed by atoms with Gasteiger partial charge in [0.15, 0.2) is 0 Å². The molecule has 1 heterocycles. The summed E-state index contributed by atoms with van der Waals surface area (Å²) in [6.45, 7) is 5.02. The van der Waals surface area contributed by atoms with Crippen LogP contribution in [0.4, 0.5) is 11.4 Å². The first-order chi connectivity index (χ1) is 16.8. The molecule has 0 unspecified atom stereocenters. The van der Waals surface area contributed by atoms with Crippen LogP contribution in [0.2, 0.25) is 10.0 Å². The van der Waals surface area contributed by atoms with E-state index in [0.717, 1.165) is 59.9 Å². The highest BCUT2D eigenvalue weighted by atomic mass is 127. The number of para-hydroxylation sites is 2. The molecule has 4 rings (SSSR count). The van der Waals surface area contributed by atoms with Crippen LogP contribution in [-0.4, -0.2) is 50.7 Å². The molecular weight excluding hydrogens is 608 g/mol. The summed E-state index contributed by atoms with van der Waals surface area (Å²) in [5, 5.41) is 3.85. The average molecular weight is 638 g/mol. The smallest absolute Gasteiger partial charge is 0.248 e. The molecule has 36 heavy (non-hydrogen) atoms. The van der Waals surface area contributed by atoms with Crippen LogP contribution in [0.3, 0.4) is 0 Å². The van der Waals surface area contributed by atoms with Gasteiger partial charge in [-0.05, 0) is 48.0 Å². The molecule has 1 saturated heterocycles.